The van der Waals surface area contributed by atoms with Crippen molar-refractivity contribution in [1.82, 2.24) is 24.4 Å². The summed E-state index contributed by atoms with van der Waals surface area (Å²) >= 11 is 0. The van der Waals surface area contributed by atoms with Crippen LogP contribution < -0.4 is 4.90 Å². The molecular weight excluding hydrogens is 312 g/mol. The number of nitrogens with zero attached hydrogens (tertiary/aromatic N) is 6. The van der Waals surface area contributed by atoms with Crippen molar-refractivity contribution in [2.24, 2.45) is 0 Å². The van der Waals surface area contributed by atoms with E-state index in [4.69, 9.17) is 0 Å². The number of hydrogen-bond donors (Lipinski definition) is 0. The Bertz CT molecular complexity index is 649. The highest BCUT2D eigenvalue weighted by Crippen LogP contribution is 2.29. The molecule has 1 aliphatic heterocycles. The molecule has 0 N–H and O–H groups in total. The summed E-state index contributed by atoms with van der Waals surface area (Å²) in [7, 11) is 0. The molecule has 2 aromatic heterocycles. The lowest BCUT2D eigenvalue weighted by molar-refractivity contribution is 0.266. The molecule has 4 rings (SSSR count). The van der Waals surface area contributed by atoms with E-state index in [9.17, 15) is 0 Å². The molecule has 0 atom stereocenters. The second-order valence-corrected chi connectivity index (χ2v) is 7.25. The van der Waals surface area contributed by atoms with Gasteiger partial charge in [-0.2, -0.15) is 0 Å². The van der Waals surface area contributed by atoms with Gasteiger partial charge in [0.2, 0.25) is 5.95 Å². The first kappa shape index (κ1) is 16.5. The Morgan fingerprint density at radius 2 is 1.76 bits per heavy atom. The van der Waals surface area contributed by atoms with Gasteiger partial charge < -0.3 is 9.47 Å². The highest BCUT2D eigenvalue weighted by molar-refractivity contribution is 5.28. The van der Waals surface area contributed by atoms with Crippen LogP contribution in [0.5, 0.6) is 0 Å². The molecule has 0 spiro atoms. The highest BCUT2D eigenvalue weighted by atomic mass is 15.3. The Hall–Kier alpha value is -1.95. The van der Waals surface area contributed by atoms with Crippen LogP contribution in [-0.2, 0) is 6.54 Å². The van der Waals surface area contributed by atoms with Gasteiger partial charge in [0, 0.05) is 57.4 Å². The smallest absolute Gasteiger partial charge is 0.225 e. The first-order valence-electron chi connectivity index (χ1n) is 9.65. The molecule has 1 aliphatic carbocycles. The number of rotatable bonds is 4. The van der Waals surface area contributed by atoms with E-state index in [0.717, 1.165) is 45.1 Å². The minimum absolute atomic E-state index is 0.660. The minimum atomic E-state index is 0.660. The van der Waals surface area contributed by atoms with Crippen LogP contribution in [0.3, 0.4) is 0 Å². The molecule has 0 amide bonds. The fraction of sp³-hybridized carbons (Fsp3) is 0.632. The predicted octanol–water partition coefficient (Wildman–Crippen LogP) is 2.89. The number of aromatic nitrogens is 4. The molecule has 6 nitrogen and oxygen atoms in total. The molecule has 2 aliphatic rings. The summed E-state index contributed by atoms with van der Waals surface area (Å²) in [5.74, 6) is 0.858. The van der Waals surface area contributed by atoms with Crippen molar-refractivity contribution in [1.29, 1.82) is 0 Å². The van der Waals surface area contributed by atoms with E-state index in [-0.39, 0.29) is 0 Å². The highest BCUT2D eigenvalue weighted by Gasteiger charge is 2.21. The maximum Gasteiger partial charge on any atom is 0.225 e. The number of hydrogen-bond acceptors (Lipinski definition) is 5. The van der Waals surface area contributed by atoms with Crippen LogP contribution in [0, 0.1) is 0 Å². The van der Waals surface area contributed by atoms with Crippen LogP contribution in [0.1, 0.15) is 50.3 Å². The lowest BCUT2D eigenvalue weighted by Gasteiger charge is -2.27. The Morgan fingerprint density at radius 1 is 0.920 bits per heavy atom. The van der Waals surface area contributed by atoms with Gasteiger partial charge in [-0.15, -0.1) is 0 Å². The molecule has 6 heteroatoms. The Labute approximate surface area is 149 Å². The zero-order valence-electron chi connectivity index (χ0n) is 14.9. The van der Waals surface area contributed by atoms with Gasteiger partial charge in [0.1, 0.15) is 0 Å². The van der Waals surface area contributed by atoms with E-state index >= 15 is 0 Å². The van der Waals surface area contributed by atoms with E-state index in [0.29, 0.717) is 6.04 Å². The summed E-state index contributed by atoms with van der Waals surface area (Å²) in [5, 5.41) is 0. The normalized spacial score (nSPS) is 20.6. The third-order valence-electron chi connectivity index (χ3n) is 5.52. The van der Waals surface area contributed by atoms with Crippen LogP contribution in [0.25, 0.3) is 0 Å². The van der Waals surface area contributed by atoms with Crippen molar-refractivity contribution in [3.05, 3.63) is 36.7 Å². The van der Waals surface area contributed by atoms with E-state index in [1.54, 1.807) is 0 Å². The summed E-state index contributed by atoms with van der Waals surface area (Å²) in [5.41, 5.74) is 1.37. The molecule has 2 aromatic rings. The fourth-order valence-corrected chi connectivity index (χ4v) is 4.16. The first-order valence-corrected chi connectivity index (χ1v) is 9.65. The lowest BCUT2D eigenvalue weighted by atomic mass is 9.95. The van der Waals surface area contributed by atoms with Gasteiger partial charge in [-0.25, -0.2) is 15.0 Å². The average Bonchev–Trinajstić information content (AvgIpc) is 3.00. The number of imidazole rings is 1. The first-order chi connectivity index (χ1) is 12.4. The van der Waals surface area contributed by atoms with Gasteiger partial charge in [0.05, 0.1) is 12.0 Å². The molecule has 0 aromatic carbocycles. The topological polar surface area (TPSA) is 50.1 Å². The largest absolute Gasteiger partial charge is 0.339 e. The summed E-state index contributed by atoms with van der Waals surface area (Å²) < 4.78 is 2.45. The predicted molar refractivity (Wildman–Crippen MR) is 98.5 cm³/mol. The van der Waals surface area contributed by atoms with Crippen molar-refractivity contribution in [3.63, 3.8) is 0 Å². The molecule has 0 unspecified atom stereocenters. The van der Waals surface area contributed by atoms with E-state index in [1.807, 2.05) is 24.8 Å². The van der Waals surface area contributed by atoms with E-state index < -0.39 is 0 Å². The van der Waals surface area contributed by atoms with Gasteiger partial charge in [-0.1, -0.05) is 19.3 Å². The van der Waals surface area contributed by atoms with Crippen molar-refractivity contribution in [3.8, 4) is 0 Å². The Morgan fingerprint density at radius 3 is 2.60 bits per heavy atom. The van der Waals surface area contributed by atoms with Crippen LogP contribution in [0.4, 0.5) is 5.95 Å². The second kappa shape index (κ2) is 7.95. The molecule has 1 saturated carbocycles. The Balaban J connectivity index is 1.38. The molecule has 0 bridgehead atoms. The van der Waals surface area contributed by atoms with E-state index in [1.165, 1.54) is 37.8 Å². The molecule has 2 fully saturated rings. The van der Waals surface area contributed by atoms with Crippen LogP contribution in [0.15, 0.2) is 31.0 Å². The van der Waals surface area contributed by atoms with Gasteiger partial charge in [0.15, 0.2) is 0 Å². The summed E-state index contributed by atoms with van der Waals surface area (Å²) in [6.07, 6.45) is 15.6. The molecule has 0 radical (unpaired) electrons. The van der Waals surface area contributed by atoms with Gasteiger partial charge >= 0.3 is 0 Å². The SMILES string of the molecule is c1cnc(N2CCCN(Cc3cncn3C3CCCCC3)CC2)nc1. The average molecular weight is 340 g/mol. The van der Waals surface area contributed by atoms with Gasteiger partial charge in [0.25, 0.3) is 0 Å². The molecule has 134 valence electrons. The van der Waals surface area contributed by atoms with Crippen LogP contribution in [-0.4, -0.2) is 50.6 Å². The van der Waals surface area contributed by atoms with Crippen molar-refractivity contribution >= 4 is 5.95 Å². The van der Waals surface area contributed by atoms with Crippen molar-refractivity contribution in [2.45, 2.75) is 51.1 Å². The van der Waals surface area contributed by atoms with E-state index in [2.05, 4.69) is 35.5 Å². The van der Waals surface area contributed by atoms with Gasteiger partial charge in [-0.05, 0) is 25.3 Å². The van der Waals surface area contributed by atoms with Gasteiger partial charge in [-0.3, -0.25) is 4.90 Å². The minimum Gasteiger partial charge on any atom is -0.339 e. The summed E-state index contributed by atoms with van der Waals surface area (Å²) in [6, 6.07) is 2.53. The maximum absolute atomic E-state index is 4.45. The van der Waals surface area contributed by atoms with Crippen LogP contribution in [0.2, 0.25) is 0 Å². The molecular formula is C19H28N6. The quantitative estimate of drug-likeness (QED) is 0.856. The third kappa shape index (κ3) is 4.00. The summed E-state index contributed by atoms with van der Waals surface area (Å²) in [4.78, 5) is 18.1. The second-order valence-electron chi connectivity index (χ2n) is 7.25. The maximum atomic E-state index is 4.45. The molecule has 25 heavy (non-hydrogen) atoms. The summed E-state index contributed by atoms with van der Waals surface area (Å²) in [6.45, 7) is 5.19. The lowest BCUT2D eigenvalue weighted by Crippen LogP contribution is -2.32. The van der Waals surface area contributed by atoms with Crippen molar-refractivity contribution in [2.75, 3.05) is 31.1 Å². The fourth-order valence-electron chi connectivity index (χ4n) is 4.16. The standard InChI is InChI=1S/C19H28N6/c1-2-6-17(7-3-1)25-16-20-14-18(25)15-23-10-5-11-24(13-12-23)19-21-8-4-9-22-19/h4,8-9,14,16-17H,1-3,5-7,10-13,15H2. The number of anilines is 1. The molecule has 1 saturated heterocycles. The monoisotopic (exact) mass is 340 g/mol. The van der Waals surface area contributed by atoms with Crippen LogP contribution >= 0.6 is 0 Å². The molecule has 3 heterocycles. The zero-order valence-corrected chi connectivity index (χ0v) is 14.9. The third-order valence-corrected chi connectivity index (χ3v) is 5.52. The Kier molecular flexibility index (Phi) is 5.25. The zero-order chi connectivity index (χ0) is 16.9. The van der Waals surface area contributed by atoms with Crippen molar-refractivity contribution < 1.29 is 0 Å².